The van der Waals surface area contributed by atoms with Crippen LogP contribution in [0.5, 0.6) is 0 Å². The first-order valence-electron chi connectivity index (χ1n) is 10.7. The summed E-state index contributed by atoms with van der Waals surface area (Å²) in [4.78, 5) is 18.8. The molecule has 180 valence electrons. The number of aryl methyl sites for hydroxylation is 1. The molecule has 1 aromatic carbocycles. The van der Waals surface area contributed by atoms with Gasteiger partial charge in [-0.2, -0.15) is 5.10 Å². The molecule has 9 nitrogen and oxygen atoms in total. The highest BCUT2D eigenvalue weighted by Gasteiger charge is 2.34. The van der Waals surface area contributed by atoms with Crippen molar-refractivity contribution >= 4 is 23.1 Å². The molecule has 4 rings (SSSR count). The number of benzene rings is 1. The van der Waals surface area contributed by atoms with Gasteiger partial charge in [-0.1, -0.05) is 6.07 Å². The number of ether oxygens (including phenoxy) is 2. The lowest BCUT2D eigenvalue weighted by atomic mass is 10.1. The minimum absolute atomic E-state index is 0.294. The summed E-state index contributed by atoms with van der Waals surface area (Å²) in [6, 6.07) is 5.62. The minimum atomic E-state index is -0.883. The first-order chi connectivity index (χ1) is 16.2. The Morgan fingerprint density at radius 2 is 2.03 bits per heavy atom. The van der Waals surface area contributed by atoms with Crippen molar-refractivity contribution in [2.45, 2.75) is 39.5 Å². The molecule has 2 N–H and O–H groups in total. The zero-order chi connectivity index (χ0) is 24.4. The Balaban J connectivity index is 1.45. The van der Waals surface area contributed by atoms with Crippen LogP contribution in [-0.4, -0.2) is 47.3 Å². The SMILES string of the molecule is COC(C)OC1C(=O)Nc2c(cc(NCc3cnn(Cc4ccc(F)c(F)c4)c3)nc2C)N1C. The van der Waals surface area contributed by atoms with Crippen molar-refractivity contribution in [3.8, 4) is 0 Å². The van der Waals surface area contributed by atoms with E-state index in [1.165, 1.54) is 13.2 Å². The summed E-state index contributed by atoms with van der Waals surface area (Å²) in [5.74, 6) is -1.44. The molecule has 2 atom stereocenters. The van der Waals surface area contributed by atoms with Gasteiger partial charge in [0.25, 0.3) is 5.91 Å². The molecule has 11 heteroatoms. The van der Waals surface area contributed by atoms with Crippen LogP contribution in [0.25, 0.3) is 0 Å². The lowest BCUT2D eigenvalue weighted by Gasteiger charge is -2.36. The molecule has 0 spiro atoms. The van der Waals surface area contributed by atoms with Crippen LogP contribution >= 0.6 is 0 Å². The standard InChI is InChI=1S/C23H26F2N6O3/c1-13-21-19(30(3)23(22(32)29-21)34-14(2)33-4)8-20(28-13)26-9-16-10-27-31(12-16)11-15-5-6-17(24)18(25)7-15/h5-8,10,12,14,23H,9,11H2,1-4H3,(H,26,28)(H,29,32). The topological polar surface area (TPSA) is 93.5 Å². The molecule has 3 heterocycles. The number of carbonyl (C=O) groups is 1. The Morgan fingerprint density at radius 3 is 2.76 bits per heavy atom. The van der Waals surface area contributed by atoms with Crippen LogP contribution < -0.4 is 15.5 Å². The maximum atomic E-state index is 13.4. The van der Waals surface area contributed by atoms with E-state index in [2.05, 4.69) is 20.7 Å². The van der Waals surface area contributed by atoms with Gasteiger partial charge in [0.05, 0.1) is 29.8 Å². The van der Waals surface area contributed by atoms with E-state index in [-0.39, 0.29) is 5.91 Å². The van der Waals surface area contributed by atoms with Crippen LogP contribution in [0.15, 0.2) is 36.7 Å². The number of nitrogens with one attached hydrogen (secondary N) is 2. The third-order valence-electron chi connectivity index (χ3n) is 5.53. The van der Waals surface area contributed by atoms with E-state index in [1.807, 2.05) is 19.2 Å². The van der Waals surface area contributed by atoms with Gasteiger partial charge in [-0.15, -0.1) is 0 Å². The fourth-order valence-electron chi connectivity index (χ4n) is 3.66. The molecule has 2 unspecified atom stereocenters. The predicted octanol–water partition coefficient (Wildman–Crippen LogP) is 3.25. The van der Waals surface area contributed by atoms with Gasteiger partial charge in [0, 0.05) is 38.5 Å². The lowest BCUT2D eigenvalue weighted by Crippen LogP contribution is -2.49. The smallest absolute Gasteiger partial charge is 0.274 e. The average Bonchev–Trinajstić information content (AvgIpc) is 3.25. The van der Waals surface area contributed by atoms with Gasteiger partial charge in [0.2, 0.25) is 6.23 Å². The molecule has 1 aliphatic heterocycles. The van der Waals surface area contributed by atoms with E-state index in [9.17, 15) is 13.6 Å². The monoisotopic (exact) mass is 472 g/mol. The van der Waals surface area contributed by atoms with Gasteiger partial charge in [-0.25, -0.2) is 13.8 Å². The van der Waals surface area contributed by atoms with Crippen molar-refractivity contribution in [1.82, 2.24) is 14.8 Å². The number of anilines is 3. The molecule has 1 amide bonds. The molecule has 0 bridgehead atoms. The van der Waals surface area contributed by atoms with Gasteiger partial charge in [-0.05, 0) is 31.5 Å². The Hall–Kier alpha value is -3.57. The van der Waals surface area contributed by atoms with E-state index in [4.69, 9.17) is 9.47 Å². The van der Waals surface area contributed by atoms with E-state index in [0.717, 1.165) is 23.4 Å². The molecular weight excluding hydrogens is 446 g/mol. The lowest BCUT2D eigenvalue weighted by molar-refractivity contribution is -0.160. The number of halogens is 2. The van der Waals surface area contributed by atoms with Crippen LogP contribution in [0.3, 0.4) is 0 Å². The van der Waals surface area contributed by atoms with Crippen LogP contribution in [-0.2, 0) is 27.4 Å². The van der Waals surface area contributed by atoms with E-state index < -0.39 is 24.2 Å². The summed E-state index contributed by atoms with van der Waals surface area (Å²) < 4.78 is 39.0. The summed E-state index contributed by atoms with van der Waals surface area (Å²) in [5, 5.41) is 10.4. The Labute approximate surface area is 195 Å². The van der Waals surface area contributed by atoms with Gasteiger partial charge in [0.15, 0.2) is 17.9 Å². The van der Waals surface area contributed by atoms with Gasteiger partial charge < -0.3 is 25.0 Å². The Kier molecular flexibility index (Phi) is 6.75. The number of likely N-dealkylation sites (N-methyl/N-ethyl adjacent to an activating group) is 1. The van der Waals surface area contributed by atoms with Crippen molar-refractivity contribution in [2.24, 2.45) is 0 Å². The number of hydrogen-bond acceptors (Lipinski definition) is 7. The number of rotatable bonds is 8. The highest BCUT2D eigenvalue weighted by Crippen LogP contribution is 2.35. The van der Waals surface area contributed by atoms with E-state index >= 15 is 0 Å². The number of amides is 1. The van der Waals surface area contributed by atoms with Crippen molar-refractivity contribution in [2.75, 3.05) is 29.7 Å². The molecule has 0 radical (unpaired) electrons. The van der Waals surface area contributed by atoms with Crippen LogP contribution in [0.4, 0.5) is 26.0 Å². The van der Waals surface area contributed by atoms with Crippen LogP contribution in [0.2, 0.25) is 0 Å². The molecule has 1 aliphatic rings. The van der Waals surface area contributed by atoms with Crippen LogP contribution in [0.1, 0.15) is 23.7 Å². The molecule has 0 fully saturated rings. The summed E-state index contributed by atoms with van der Waals surface area (Å²) in [6.45, 7) is 4.30. The molecule has 3 aromatic rings. The molecule has 2 aromatic heterocycles. The second kappa shape index (κ2) is 9.74. The third kappa shape index (κ3) is 5.00. The number of fused-ring (bicyclic) bond motifs is 1. The van der Waals surface area contributed by atoms with Gasteiger partial charge in [0.1, 0.15) is 5.82 Å². The molecular formula is C23H26F2N6O3. The maximum Gasteiger partial charge on any atom is 0.274 e. The first-order valence-corrected chi connectivity index (χ1v) is 10.7. The van der Waals surface area contributed by atoms with Gasteiger partial charge >= 0.3 is 0 Å². The Morgan fingerprint density at radius 1 is 1.24 bits per heavy atom. The number of aromatic nitrogens is 3. The molecule has 0 aliphatic carbocycles. The van der Waals surface area contributed by atoms with Gasteiger partial charge in [-0.3, -0.25) is 9.48 Å². The largest absolute Gasteiger partial charge is 0.366 e. The quantitative estimate of drug-likeness (QED) is 0.486. The minimum Gasteiger partial charge on any atom is -0.366 e. The fourth-order valence-corrected chi connectivity index (χ4v) is 3.66. The van der Waals surface area contributed by atoms with E-state index in [0.29, 0.717) is 35.9 Å². The van der Waals surface area contributed by atoms with Crippen LogP contribution in [0, 0.1) is 18.6 Å². The van der Waals surface area contributed by atoms with Crippen molar-refractivity contribution in [3.63, 3.8) is 0 Å². The fraction of sp³-hybridized carbons (Fsp3) is 0.348. The van der Waals surface area contributed by atoms with Crippen molar-refractivity contribution < 1.29 is 23.0 Å². The average molecular weight is 472 g/mol. The highest BCUT2D eigenvalue weighted by atomic mass is 19.2. The number of methoxy groups -OCH3 is 1. The second-order valence-electron chi connectivity index (χ2n) is 8.03. The summed E-state index contributed by atoms with van der Waals surface area (Å²) in [5.41, 5.74) is 3.54. The highest BCUT2D eigenvalue weighted by molar-refractivity contribution is 6.03. The molecule has 0 saturated carbocycles. The number of nitrogens with zero attached hydrogens (tertiary/aromatic N) is 4. The first kappa shape index (κ1) is 23.6. The third-order valence-corrected chi connectivity index (χ3v) is 5.53. The molecule has 0 saturated heterocycles. The molecule has 34 heavy (non-hydrogen) atoms. The van der Waals surface area contributed by atoms with Crippen molar-refractivity contribution in [1.29, 1.82) is 0 Å². The summed E-state index contributed by atoms with van der Waals surface area (Å²) in [7, 11) is 3.28. The zero-order valence-electron chi connectivity index (χ0n) is 19.3. The number of pyridine rings is 1. The number of carbonyl (C=O) groups excluding carboxylic acids is 1. The normalized spacial score (nSPS) is 16.2. The second-order valence-corrected chi connectivity index (χ2v) is 8.03. The zero-order valence-corrected chi connectivity index (χ0v) is 19.3. The van der Waals surface area contributed by atoms with Crippen molar-refractivity contribution in [3.05, 3.63) is 65.1 Å². The van der Waals surface area contributed by atoms with E-state index in [1.54, 1.807) is 29.7 Å². The summed E-state index contributed by atoms with van der Waals surface area (Å²) >= 11 is 0. The summed E-state index contributed by atoms with van der Waals surface area (Å²) in [6.07, 6.45) is 2.12. The Bertz CT molecular complexity index is 1200. The maximum absolute atomic E-state index is 13.4. The predicted molar refractivity (Wildman–Crippen MR) is 122 cm³/mol. The number of hydrogen-bond donors (Lipinski definition) is 2.